The van der Waals surface area contributed by atoms with E-state index >= 15 is 0 Å². The maximum atomic E-state index is 4.63. The number of hydrogen-bond donors (Lipinski definition) is 1. The minimum atomic E-state index is 0.560. The second-order valence-corrected chi connectivity index (χ2v) is 5.66. The molecule has 100 valence electrons. The van der Waals surface area contributed by atoms with Gasteiger partial charge in [0.2, 0.25) is 0 Å². The molecule has 1 saturated heterocycles. The summed E-state index contributed by atoms with van der Waals surface area (Å²) in [6.45, 7) is 6.35. The molecule has 0 bridgehead atoms. The lowest BCUT2D eigenvalue weighted by Crippen LogP contribution is -2.48. The molecule has 0 spiro atoms. The van der Waals surface area contributed by atoms with E-state index in [1.54, 1.807) is 23.7 Å². The van der Waals surface area contributed by atoms with Crippen LogP contribution in [0.3, 0.4) is 0 Å². The van der Waals surface area contributed by atoms with Crippen LogP contribution in [0.1, 0.15) is 12.6 Å². The molecule has 3 heterocycles. The largest absolute Gasteiger partial charge is 0.312 e. The van der Waals surface area contributed by atoms with Crippen LogP contribution in [0.2, 0.25) is 0 Å². The zero-order chi connectivity index (χ0) is 13.1. The second kappa shape index (κ2) is 5.73. The first-order valence-corrected chi connectivity index (χ1v) is 7.37. The van der Waals surface area contributed by atoms with Crippen molar-refractivity contribution < 1.29 is 0 Å². The van der Waals surface area contributed by atoms with E-state index in [4.69, 9.17) is 0 Å². The summed E-state index contributed by atoms with van der Waals surface area (Å²) >= 11 is 1.61. The van der Waals surface area contributed by atoms with E-state index in [9.17, 15) is 0 Å². The second-order valence-electron chi connectivity index (χ2n) is 4.81. The van der Waals surface area contributed by atoms with Gasteiger partial charge in [0.15, 0.2) is 10.8 Å². The predicted molar refractivity (Wildman–Crippen MR) is 75.9 cm³/mol. The highest BCUT2D eigenvalue weighted by molar-refractivity contribution is 7.13. The monoisotopic (exact) mass is 275 g/mol. The Labute approximate surface area is 116 Å². The minimum absolute atomic E-state index is 0.560. The summed E-state index contributed by atoms with van der Waals surface area (Å²) in [6.07, 6.45) is 3.50. The van der Waals surface area contributed by atoms with E-state index in [2.05, 4.69) is 37.5 Å². The molecule has 2 aromatic rings. The third-order valence-corrected chi connectivity index (χ3v) is 4.03. The van der Waals surface area contributed by atoms with Gasteiger partial charge in [0.25, 0.3) is 0 Å². The molecular formula is C13H17N5S. The first kappa shape index (κ1) is 12.7. The average molecular weight is 275 g/mol. The van der Waals surface area contributed by atoms with Crippen molar-refractivity contribution >= 4 is 11.3 Å². The van der Waals surface area contributed by atoms with Crippen molar-refractivity contribution in [3.8, 4) is 10.8 Å². The van der Waals surface area contributed by atoms with Gasteiger partial charge in [-0.25, -0.2) is 15.0 Å². The van der Waals surface area contributed by atoms with Crippen molar-refractivity contribution in [2.75, 3.05) is 19.6 Å². The highest BCUT2D eigenvalue weighted by Gasteiger charge is 2.17. The first-order chi connectivity index (χ1) is 9.31. The zero-order valence-corrected chi connectivity index (χ0v) is 11.7. The quantitative estimate of drug-likeness (QED) is 0.917. The number of hydrogen-bond acceptors (Lipinski definition) is 6. The Bertz CT molecular complexity index is 527. The van der Waals surface area contributed by atoms with Gasteiger partial charge >= 0.3 is 0 Å². The van der Waals surface area contributed by atoms with Crippen LogP contribution in [0.15, 0.2) is 23.8 Å². The molecule has 19 heavy (non-hydrogen) atoms. The lowest BCUT2D eigenvalue weighted by molar-refractivity contribution is 0.198. The van der Waals surface area contributed by atoms with Crippen LogP contribution < -0.4 is 5.32 Å². The molecule has 0 radical (unpaired) electrons. The van der Waals surface area contributed by atoms with Gasteiger partial charge in [0, 0.05) is 50.0 Å². The Morgan fingerprint density at radius 2 is 2.26 bits per heavy atom. The van der Waals surface area contributed by atoms with Gasteiger partial charge in [-0.15, -0.1) is 11.3 Å². The van der Waals surface area contributed by atoms with Crippen LogP contribution >= 0.6 is 11.3 Å². The van der Waals surface area contributed by atoms with Crippen LogP contribution in [0.4, 0.5) is 0 Å². The molecule has 0 unspecified atom stereocenters. The average Bonchev–Trinajstić information content (AvgIpc) is 2.88. The Kier molecular flexibility index (Phi) is 3.82. The molecule has 3 rings (SSSR count). The fraction of sp³-hybridized carbons (Fsp3) is 0.462. The van der Waals surface area contributed by atoms with Crippen molar-refractivity contribution in [1.29, 1.82) is 0 Å². The van der Waals surface area contributed by atoms with E-state index < -0.39 is 0 Å². The van der Waals surface area contributed by atoms with Crippen LogP contribution in [0, 0.1) is 0 Å². The summed E-state index contributed by atoms with van der Waals surface area (Å²) in [5, 5.41) is 6.46. The molecule has 1 atom stereocenters. The van der Waals surface area contributed by atoms with Crippen LogP contribution in [-0.4, -0.2) is 45.5 Å². The summed E-state index contributed by atoms with van der Waals surface area (Å²) in [7, 11) is 0. The van der Waals surface area contributed by atoms with Gasteiger partial charge in [0.05, 0.1) is 5.69 Å². The molecular weight excluding hydrogens is 258 g/mol. The third-order valence-electron chi connectivity index (χ3n) is 3.15. The van der Waals surface area contributed by atoms with Crippen molar-refractivity contribution in [3.05, 3.63) is 29.5 Å². The molecule has 6 heteroatoms. The fourth-order valence-electron chi connectivity index (χ4n) is 2.28. The molecule has 5 nitrogen and oxygen atoms in total. The maximum Gasteiger partial charge on any atom is 0.188 e. The van der Waals surface area contributed by atoms with E-state index in [0.717, 1.165) is 36.9 Å². The summed E-state index contributed by atoms with van der Waals surface area (Å²) < 4.78 is 0. The molecule has 1 aliphatic heterocycles. The number of nitrogens with zero attached hydrogens (tertiary/aromatic N) is 4. The van der Waals surface area contributed by atoms with Gasteiger partial charge in [-0.2, -0.15) is 0 Å². The smallest absolute Gasteiger partial charge is 0.188 e. The third kappa shape index (κ3) is 3.15. The zero-order valence-electron chi connectivity index (χ0n) is 10.9. The van der Waals surface area contributed by atoms with Crippen molar-refractivity contribution in [2.24, 2.45) is 0 Å². The Morgan fingerprint density at radius 3 is 3.05 bits per heavy atom. The van der Waals surface area contributed by atoms with E-state index in [-0.39, 0.29) is 0 Å². The standard InChI is InChI=1S/C13H17N5S/c1-10-7-18(6-5-14-10)8-11-9-19-13(17-11)12-15-3-2-4-16-12/h2-4,9-10,14H,5-8H2,1H3/t10-/m1/s1. The van der Waals surface area contributed by atoms with Gasteiger partial charge < -0.3 is 5.32 Å². The van der Waals surface area contributed by atoms with Gasteiger partial charge in [-0.3, -0.25) is 4.90 Å². The molecule has 1 N–H and O–H groups in total. The normalized spacial score (nSPS) is 20.6. The summed E-state index contributed by atoms with van der Waals surface area (Å²) in [5.74, 6) is 0.715. The van der Waals surface area contributed by atoms with Crippen molar-refractivity contribution in [2.45, 2.75) is 19.5 Å². The molecule has 1 aliphatic rings. The summed E-state index contributed by atoms with van der Waals surface area (Å²) in [5.41, 5.74) is 1.11. The number of piperazine rings is 1. The number of thiazole rings is 1. The lowest BCUT2D eigenvalue weighted by Gasteiger charge is -2.31. The fourth-order valence-corrected chi connectivity index (χ4v) is 3.03. The summed E-state index contributed by atoms with van der Waals surface area (Å²) in [6, 6.07) is 2.38. The molecule has 0 aliphatic carbocycles. The molecule has 2 aromatic heterocycles. The number of aromatic nitrogens is 3. The topological polar surface area (TPSA) is 53.9 Å². The lowest BCUT2D eigenvalue weighted by atomic mass is 10.2. The van der Waals surface area contributed by atoms with Crippen LogP contribution in [0.25, 0.3) is 10.8 Å². The highest BCUT2D eigenvalue weighted by atomic mass is 32.1. The SMILES string of the molecule is C[C@@H]1CN(Cc2csc(-c3ncccn3)n2)CCN1. The highest BCUT2D eigenvalue weighted by Crippen LogP contribution is 2.20. The van der Waals surface area contributed by atoms with Gasteiger partial charge in [-0.1, -0.05) is 0 Å². The molecule has 1 fully saturated rings. The Balaban J connectivity index is 1.68. The molecule has 0 aromatic carbocycles. The number of rotatable bonds is 3. The minimum Gasteiger partial charge on any atom is -0.312 e. The maximum absolute atomic E-state index is 4.63. The Morgan fingerprint density at radius 1 is 1.42 bits per heavy atom. The molecule has 0 saturated carbocycles. The van der Waals surface area contributed by atoms with E-state index in [0.29, 0.717) is 11.9 Å². The van der Waals surface area contributed by atoms with Crippen molar-refractivity contribution in [3.63, 3.8) is 0 Å². The Hall–Kier alpha value is -1.37. The number of nitrogens with one attached hydrogen (secondary N) is 1. The van der Waals surface area contributed by atoms with E-state index in [1.165, 1.54) is 0 Å². The molecule has 0 amide bonds. The van der Waals surface area contributed by atoms with Gasteiger partial charge in [-0.05, 0) is 13.0 Å². The van der Waals surface area contributed by atoms with E-state index in [1.807, 2.05) is 6.07 Å². The van der Waals surface area contributed by atoms with Gasteiger partial charge in [0.1, 0.15) is 0 Å². The summed E-state index contributed by atoms with van der Waals surface area (Å²) in [4.78, 5) is 15.5. The predicted octanol–water partition coefficient (Wildman–Crippen LogP) is 1.39. The van der Waals surface area contributed by atoms with Crippen LogP contribution in [-0.2, 0) is 6.54 Å². The van der Waals surface area contributed by atoms with Crippen LogP contribution in [0.5, 0.6) is 0 Å². The first-order valence-electron chi connectivity index (χ1n) is 6.49. The van der Waals surface area contributed by atoms with Crippen molar-refractivity contribution in [1.82, 2.24) is 25.2 Å².